The van der Waals surface area contributed by atoms with Crippen molar-refractivity contribution < 1.29 is 9.59 Å². The van der Waals surface area contributed by atoms with Gasteiger partial charge in [-0.15, -0.1) is 0 Å². The molecule has 1 aliphatic heterocycles. The van der Waals surface area contributed by atoms with Crippen LogP contribution >= 0.6 is 0 Å². The zero-order chi connectivity index (χ0) is 14.8. The summed E-state index contributed by atoms with van der Waals surface area (Å²) in [7, 11) is 1.91. The van der Waals surface area contributed by atoms with E-state index in [1.165, 1.54) is 32.1 Å². The van der Waals surface area contributed by atoms with Crippen LogP contribution in [-0.2, 0) is 9.59 Å². The van der Waals surface area contributed by atoms with E-state index in [1.54, 1.807) is 0 Å². The van der Waals surface area contributed by atoms with Crippen molar-refractivity contribution >= 4 is 11.8 Å². The first-order valence-corrected chi connectivity index (χ1v) is 8.72. The molecule has 0 bridgehead atoms. The fraction of sp³-hybridized carbons (Fsp3) is 0.882. The van der Waals surface area contributed by atoms with Crippen molar-refractivity contribution in [3.8, 4) is 0 Å². The Morgan fingerprint density at radius 1 is 1.00 bits per heavy atom. The number of hydrogen-bond donors (Lipinski definition) is 0. The van der Waals surface area contributed by atoms with Gasteiger partial charge in [0.25, 0.3) is 0 Å². The molecule has 0 aromatic carbocycles. The van der Waals surface area contributed by atoms with Crippen molar-refractivity contribution in [3.05, 3.63) is 0 Å². The van der Waals surface area contributed by atoms with E-state index in [9.17, 15) is 9.59 Å². The summed E-state index contributed by atoms with van der Waals surface area (Å²) in [6.07, 6.45) is 10.0. The number of likely N-dealkylation sites (tertiary alicyclic amines) is 1. The summed E-state index contributed by atoms with van der Waals surface area (Å²) >= 11 is 0. The molecule has 2 amide bonds. The van der Waals surface area contributed by atoms with E-state index in [0.29, 0.717) is 5.92 Å². The molecule has 0 spiro atoms. The molecule has 118 valence electrons. The molecule has 3 fully saturated rings. The van der Waals surface area contributed by atoms with E-state index in [2.05, 4.69) is 0 Å². The van der Waals surface area contributed by atoms with E-state index in [-0.39, 0.29) is 23.8 Å². The van der Waals surface area contributed by atoms with Crippen molar-refractivity contribution in [2.24, 2.45) is 11.8 Å². The van der Waals surface area contributed by atoms with Crippen LogP contribution in [0, 0.1) is 11.8 Å². The first kappa shape index (κ1) is 14.9. The van der Waals surface area contributed by atoms with Crippen molar-refractivity contribution in [3.63, 3.8) is 0 Å². The zero-order valence-corrected chi connectivity index (χ0v) is 13.2. The molecule has 0 radical (unpaired) electrons. The van der Waals surface area contributed by atoms with Gasteiger partial charge in [0.15, 0.2) is 0 Å². The fourth-order valence-corrected chi connectivity index (χ4v) is 4.10. The van der Waals surface area contributed by atoms with Crippen molar-refractivity contribution in [1.29, 1.82) is 0 Å². The molecule has 1 heterocycles. The number of likely N-dealkylation sites (N-methyl/N-ethyl adjacent to an activating group) is 1. The molecule has 0 N–H and O–H groups in total. The van der Waals surface area contributed by atoms with Crippen LogP contribution in [0.2, 0.25) is 0 Å². The minimum atomic E-state index is -0.178. The maximum atomic E-state index is 12.7. The minimum absolute atomic E-state index is 0.172. The number of nitrogens with zero attached hydrogens (tertiary/aromatic N) is 2. The molecular weight excluding hydrogens is 264 g/mol. The van der Waals surface area contributed by atoms with Crippen LogP contribution in [0.1, 0.15) is 57.8 Å². The van der Waals surface area contributed by atoms with Gasteiger partial charge in [-0.1, -0.05) is 19.3 Å². The van der Waals surface area contributed by atoms with Crippen LogP contribution in [0.15, 0.2) is 0 Å². The molecular formula is C17H28N2O2. The molecule has 2 aliphatic carbocycles. The Kier molecular flexibility index (Phi) is 4.51. The van der Waals surface area contributed by atoms with Crippen molar-refractivity contribution in [1.82, 2.24) is 9.80 Å². The summed E-state index contributed by atoms with van der Waals surface area (Å²) in [6.45, 7) is 1.66. The molecule has 1 saturated heterocycles. The van der Waals surface area contributed by atoms with Gasteiger partial charge in [0.1, 0.15) is 6.04 Å². The summed E-state index contributed by atoms with van der Waals surface area (Å²) in [5, 5.41) is 0. The summed E-state index contributed by atoms with van der Waals surface area (Å²) < 4.78 is 0. The largest absolute Gasteiger partial charge is 0.344 e. The predicted molar refractivity (Wildman–Crippen MR) is 81.7 cm³/mol. The Labute approximate surface area is 127 Å². The van der Waals surface area contributed by atoms with Crippen molar-refractivity contribution in [2.75, 3.05) is 20.1 Å². The lowest BCUT2D eigenvalue weighted by atomic mass is 9.85. The van der Waals surface area contributed by atoms with E-state index >= 15 is 0 Å². The van der Waals surface area contributed by atoms with Gasteiger partial charge in [0.05, 0.1) is 0 Å². The Morgan fingerprint density at radius 3 is 2.33 bits per heavy atom. The molecule has 4 nitrogen and oxygen atoms in total. The minimum Gasteiger partial charge on any atom is -0.344 e. The average molecular weight is 292 g/mol. The van der Waals surface area contributed by atoms with E-state index < -0.39 is 0 Å². The highest BCUT2D eigenvalue weighted by Gasteiger charge is 2.39. The monoisotopic (exact) mass is 292 g/mol. The lowest BCUT2D eigenvalue weighted by Crippen LogP contribution is -2.49. The highest BCUT2D eigenvalue weighted by molar-refractivity contribution is 5.89. The van der Waals surface area contributed by atoms with E-state index in [0.717, 1.165) is 38.8 Å². The predicted octanol–water partition coefficient (Wildman–Crippen LogP) is 2.43. The summed E-state index contributed by atoms with van der Waals surface area (Å²) in [6, 6.07) is -0.178. The molecule has 0 aromatic rings. The maximum absolute atomic E-state index is 12.7. The van der Waals surface area contributed by atoms with Crippen LogP contribution < -0.4 is 0 Å². The third kappa shape index (κ3) is 3.09. The van der Waals surface area contributed by atoms with Crippen LogP contribution in [0.3, 0.4) is 0 Å². The van der Waals surface area contributed by atoms with E-state index in [4.69, 9.17) is 0 Å². The van der Waals surface area contributed by atoms with Crippen LogP contribution in [0.25, 0.3) is 0 Å². The van der Waals surface area contributed by atoms with Gasteiger partial charge in [-0.2, -0.15) is 0 Å². The molecule has 1 atom stereocenters. The topological polar surface area (TPSA) is 40.6 Å². The van der Waals surface area contributed by atoms with E-state index in [1.807, 2.05) is 16.8 Å². The number of rotatable bonds is 4. The van der Waals surface area contributed by atoms with Crippen molar-refractivity contribution in [2.45, 2.75) is 63.8 Å². The third-order valence-corrected chi connectivity index (χ3v) is 5.66. The van der Waals surface area contributed by atoms with Gasteiger partial charge in [-0.25, -0.2) is 0 Å². The second-order valence-electron chi connectivity index (χ2n) is 7.19. The van der Waals surface area contributed by atoms with Crippen LogP contribution in [0.5, 0.6) is 0 Å². The highest BCUT2D eigenvalue weighted by atomic mass is 16.2. The summed E-state index contributed by atoms with van der Waals surface area (Å²) in [5.41, 5.74) is 0. The zero-order valence-electron chi connectivity index (χ0n) is 13.2. The molecule has 2 saturated carbocycles. The SMILES string of the molecule is CN(CC1CCC1)C(=O)C1CCCN1C(=O)C1CCCC1. The molecule has 1 unspecified atom stereocenters. The average Bonchev–Trinajstić information content (AvgIpc) is 3.11. The Hall–Kier alpha value is -1.06. The van der Waals surface area contributed by atoms with Gasteiger partial charge < -0.3 is 9.80 Å². The number of carbonyl (C=O) groups excluding carboxylic acids is 2. The Morgan fingerprint density at radius 2 is 1.71 bits per heavy atom. The van der Waals surface area contributed by atoms with Gasteiger partial charge >= 0.3 is 0 Å². The first-order chi connectivity index (χ1) is 10.2. The number of hydrogen-bond acceptors (Lipinski definition) is 2. The molecule has 0 aromatic heterocycles. The quantitative estimate of drug-likeness (QED) is 0.798. The van der Waals surface area contributed by atoms with Gasteiger partial charge in [0, 0.05) is 26.1 Å². The molecule has 21 heavy (non-hydrogen) atoms. The van der Waals surface area contributed by atoms with Crippen LogP contribution in [0.4, 0.5) is 0 Å². The maximum Gasteiger partial charge on any atom is 0.245 e. The molecule has 4 heteroatoms. The Balaban J connectivity index is 1.59. The highest BCUT2D eigenvalue weighted by Crippen LogP contribution is 2.31. The smallest absolute Gasteiger partial charge is 0.245 e. The van der Waals surface area contributed by atoms with Gasteiger partial charge in [-0.3, -0.25) is 9.59 Å². The second kappa shape index (κ2) is 6.37. The van der Waals surface area contributed by atoms with Crippen LogP contribution in [-0.4, -0.2) is 47.8 Å². The third-order valence-electron chi connectivity index (χ3n) is 5.66. The van der Waals surface area contributed by atoms with Gasteiger partial charge in [-0.05, 0) is 44.4 Å². The summed E-state index contributed by atoms with van der Waals surface area (Å²) in [5.74, 6) is 1.31. The molecule has 3 aliphatic rings. The normalized spacial score (nSPS) is 26.9. The Bertz CT molecular complexity index is 400. The fourth-order valence-electron chi connectivity index (χ4n) is 4.10. The summed E-state index contributed by atoms with van der Waals surface area (Å²) in [4.78, 5) is 29.1. The number of amides is 2. The lowest BCUT2D eigenvalue weighted by Gasteiger charge is -2.34. The molecule has 3 rings (SSSR count). The lowest BCUT2D eigenvalue weighted by molar-refractivity contribution is -0.145. The first-order valence-electron chi connectivity index (χ1n) is 8.72. The number of carbonyl (C=O) groups is 2. The standard InChI is InChI=1S/C17H28N2O2/c1-18(12-13-6-4-7-13)17(21)15-10-5-11-19(15)16(20)14-8-2-3-9-14/h13-15H,2-12H2,1H3. The van der Waals surface area contributed by atoms with Gasteiger partial charge in [0.2, 0.25) is 11.8 Å². The second-order valence-corrected chi connectivity index (χ2v) is 7.19.